The van der Waals surface area contributed by atoms with Crippen molar-refractivity contribution in [1.82, 2.24) is 24.7 Å². The molecule has 2 aromatic heterocycles. The summed E-state index contributed by atoms with van der Waals surface area (Å²) >= 11 is 23.8. The standard InChI is InChI=1S/C15H18Cl2N2O3.C15H22ClNO2.C8H14ClN5.C5H12NO4P/c1-8(2)21-12-7-11(9(16)6-10(12)17)19-14(20)22-13(18-19)15(3,4)5;1-5-13-8-6-7-11(2)15(13)17(14(18)9-16)12(3)10-19-4;1-4-10-7-12-6(9)13-8(14-7)11-5(2)3;1-11(9,10)3-2-4(6)5(7)8/h6-8H,1-5H3;6-8,12H,5,9-10H2,1-4H3;5H,4H2,1-3H3,(H2,10,11,12,13,14);4H,2-3,6H2,1H3,(H,7,8)(H,9,10). The van der Waals surface area contributed by atoms with Gasteiger partial charge in [-0.25, -0.2) is 4.79 Å². The van der Waals surface area contributed by atoms with Crippen LogP contribution in [0.2, 0.25) is 15.3 Å². The first kappa shape index (κ1) is 60.0. The molecule has 2 aromatic carbocycles. The van der Waals surface area contributed by atoms with Crippen molar-refractivity contribution in [3.05, 3.63) is 73.2 Å². The average Bonchev–Trinajstić information content (AvgIpc) is 3.60. The predicted octanol–water partition coefficient (Wildman–Crippen LogP) is 8.85. The molecule has 0 fully saturated rings. The summed E-state index contributed by atoms with van der Waals surface area (Å²) in [5.74, 6) is -0.103. The van der Waals surface area contributed by atoms with Gasteiger partial charge < -0.3 is 45.2 Å². The van der Waals surface area contributed by atoms with E-state index in [1.54, 1.807) is 18.1 Å². The highest BCUT2D eigenvalue weighted by Gasteiger charge is 2.26. The van der Waals surface area contributed by atoms with E-state index in [2.05, 4.69) is 43.7 Å². The summed E-state index contributed by atoms with van der Waals surface area (Å²) < 4.78 is 27.8. The highest BCUT2D eigenvalue weighted by Crippen LogP contribution is 2.36. The quantitative estimate of drug-likeness (QED) is 0.0489. The topological polar surface area (TPSA) is 250 Å². The number of carbonyl (C=O) groups is 2. The number of ether oxygens (including phenoxy) is 2. The molecule has 2 heterocycles. The molecule has 0 aliphatic carbocycles. The lowest BCUT2D eigenvalue weighted by molar-refractivity contribution is -0.138. The van der Waals surface area contributed by atoms with Gasteiger partial charge in [-0.15, -0.1) is 16.7 Å². The van der Waals surface area contributed by atoms with Crippen molar-refractivity contribution >= 4 is 83.2 Å². The van der Waals surface area contributed by atoms with Crippen molar-refractivity contribution in [1.29, 1.82) is 0 Å². The molecule has 0 bridgehead atoms. The number of alkyl halides is 1. The lowest BCUT2D eigenvalue weighted by Gasteiger charge is -2.31. The summed E-state index contributed by atoms with van der Waals surface area (Å²) in [5.41, 5.74) is 8.28. The summed E-state index contributed by atoms with van der Waals surface area (Å²) in [6.07, 6.45) is 0.814. The third-order valence-electron chi connectivity index (χ3n) is 8.49. The highest BCUT2D eigenvalue weighted by atomic mass is 35.5. The number of aryl methyl sites for hydroxylation is 2. The Morgan fingerprint density at radius 3 is 2.14 bits per heavy atom. The van der Waals surface area contributed by atoms with Gasteiger partial charge in [-0.05, 0) is 90.1 Å². The molecule has 370 valence electrons. The Kier molecular flexibility index (Phi) is 25.8. The van der Waals surface area contributed by atoms with Crippen molar-refractivity contribution < 1.29 is 38.0 Å². The molecule has 0 aliphatic heterocycles. The van der Waals surface area contributed by atoms with Gasteiger partial charge in [0.05, 0.1) is 40.2 Å². The molecule has 1 amide bonds. The molecule has 0 saturated carbocycles. The molecule has 6 N–H and O–H groups in total. The second kappa shape index (κ2) is 28.4. The van der Waals surface area contributed by atoms with Gasteiger partial charge in [0.2, 0.25) is 29.0 Å². The molecular formula is C43H66Cl4N9O9P. The van der Waals surface area contributed by atoms with E-state index in [9.17, 15) is 18.9 Å². The Balaban J connectivity index is 0.000000455. The van der Waals surface area contributed by atoms with E-state index in [1.807, 2.05) is 81.4 Å². The van der Waals surface area contributed by atoms with E-state index in [-0.39, 0.29) is 58.3 Å². The molecule has 23 heteroatoms. The highest BCUT2D eigenvalue weighted by molar-refractivity contribution is 7.57. The minimum absolute atomic E-state index is 0.0223. The Labute approximate surface area is 407 Å². The lowest BCUT2D eigenvalue weighted by atomic mass is 9.97. The van der Waals surface area contributed by atoms with Crippen molar-refractivity contribution in [2.24, 2.45) is 5.73 Å². The number of hydrogen-bond acceptors (Lipinski definition) is 14. The van der Waals surface area contributed by atoms with Crippen LogP contribution in [0.25, 0.3) is 5.69 Å². The molecule has 0 radical (unpaired) electrons. The Morgan fingerprint density at radius 2 is 1.65 bits per heavy atom. The molecule has 4 rings (SSSR count). The number of methoxy groups -OCH3 is 1. The molecule has 3 unspecified atom stereocenters. The van der Waals surface area contributed by atoms with Crippen LogP contribution in [0.5, 0.6) is 5.75 Å². The number of carboxylic acids is 1. The number of rotatable bonds is 17. The van der Waals surface area contributed by atoms with Gasteiger partial charge in [-0.3, -0.25) is 14.2 Å². The molecule has 0 aliphatic rings. The number of para-hydroxylation sites is 1. The number of carbonyl (C=O) groups excluding carboxylic acids is 1. The van der Waals surface area contributed by atoms with E-state index < -0.39 is 25.1 Å². The number of amides is 1. The number of benzene rings is 2. The van der Waals surface area contributed by atoms with Crippen molar-refractivity contribution in [2.45, 2.75) is 119 Å². The zero-order valence-electron chi connectivity index (χ0n) is 39.9. The molecule has 66 heavy (non-hydrogen) atoms. The maximum atomic E-state index is 12.2. The van der Waals surface area contributed by atoms with Gasteiger partial charge in [-0.2, -0.15) is 19.6 Å². The Hall–Kier alpha value is -4.00. The van der Waals surface area contributed by atoms with Crippen LogP contribution in [-0.4, -0.2) is 110 Å². The van der Waals surface area contributed by atoms with Gasteiger partial charge in [0.15, 0.2) is 7.37 Å². The van der Waals surface area contributed by atoms with Crippen molar-refractivity contribution in [3.63, 3.8) is 0 Å². The van der Waals surface area contributed by atoms with E-state index >= 15 is 0 Å². The third-order valence-corrected chi connectivity index (χ3v) is 10.6. The van der Waals surface area contributed by atoms with Crippen LogP contribution in [0, 0.1) is 6.92 Å². The fourth-order valence-electron chi connectivity index (χ4n) is 5.49. The van der Waals surface area contributed by atoms with Gasteiger partial charge in [0.25, 0.3) is 0 Å². The zero-order chi connectivity index (χ0) is 50.7. The number of anilines is 3. The number of aliphatic carboxylic acids is 1. The number of carboxylic acid groups (broad SMARTS) is 1. The number of hydrogen-bond donors (Lipinski definition) is 5. The number of nitrogens with two attached hydrogens (primary N) is 1. The molecule has 18 nitrogen and oxygen atoms in total. The van der Waals surface area contributed by atoms with Crippen LogP contribution < -0.4 is 31.8 Å². The minimum atomic E-state index is -3.10. The Morgan fingerprint density at radius 1 is 1.03 bits per heavy atom. The fraction of sp³-hybridized carbons (Fsp3) is 0.558. The van der Waals surface area contributed by atoms with Crippen LogP contribution in [0.1, 0.15) is 92.7 Å². The first-order valence-electron chi connectivity index (χ1n) is 21.0. The number of nitrogens with zero attached hydrogens (tertiary/aromatic N) is 6. The van der Waals surface area contributed by atoms with E-state index in [0.29, 0.717) is 40.9 Å². The van der Waals surface area contributed by atoms with Crippen LogP contribution >= 0.6 is 53.8 Å². The van der Waals surface area contributed by atoms with Crippen molar-refractivity contribution in [2.75, 3.05) is 54.5 Å². The first-order valence-corrected chi connectivity index (χ1v) is 25.0. The summed E-state index contributed by atoms with van der Waals surface area (Å²) in [6, 6.07) is 8.39. The number of nitrogens with one attached hydrogen (secondary N) is 2. The molecule has 0 saturated heterocycles. The van der Waals surface area contributed by atoms with Crippen LogP contribution in [0.3, 0.4) is 0 Å². The van der Waals surface area contributed by atoms with Crippen LogP contribution in [0.4, 0.5) is 17.6 Å². The summed E-state index contributed by atoms with van der Waals surface area (Å²) in [4.78, 5) is 56.9. The van der Waals surface area contributed by atoms with E-state index in [4.69, 9.17) is 76.0 Å². The normalized spacial score (nSPS) is 12.9. The monoisotopic (exact) mass is 1020 g/mol. The zero-order valence-corrected chi connectivity index (χ0v) is 43.8. The maximum absolute atomic E-state index is 12.2. The number of aromatic nitrogens is 5. The first-order chi connectivity index (χ1) is 30.6. The summed E-state index contributed by atoms with van der Waals surface area (Å²) in [7, 11) is -1.47. The molecule has 3 atom stereocenters. The van der Waals surface area contributed by atoms with Gasteiger partial charge >= 0.3 is 11.7 Å². The summed E-state index contributed by atoms with van der Waals surface area (Å²) in [5, 5.41) is 19.4. The number of halogens is 4. The van der Waals surface area contributed by atoms with Gasteiger partial charge in [0, 0.05) is 44.0 Å². The second-order valence-corrected chi connectivity index (χ2v) is 20.4. The molecule has 0 spiro atoms. The van der Waals surface area contributed by atoms with Crippen molar-refractivity contribution in [3.8, 4) is 11.4 Å². The smallest absolute Gasteiger partial charge is 0.442 e. The van der Waals surface area contributed by atoms with Crippen LogP contribution in [0.15, 0.2) is 39.5 Å². The fourth-order valence-corrected chi connectivity index (χ4v) is 7.05. The Bertz CT molecular complexity index is 2270. The predicted molar refractivity (Wildman–Crippen MR) is 265 cm³/mol. The average molecular weight is 1030 g/mol. The van der Waals surface area contributed by atoms with Gasteiger partial charge in [-0.1, -0.05) is 69.1 Å². The maximum Gasteiger partial charge on any atom is 0.442 e. The van der Waals surface area contributed by atoms with Gasteiger partial charge in [0.1, 0.15) is 17.7 Å². The molecule has 4 aromatic rings. The largest absolute Gasteiger partial charge is 0.489 e. The molecular weight excluding hydrogens is 959 g/mol. The second-order valence-electron chi connectivity index (χ2n) is 16.5. The third kappa shape index (κ3) is 20.9. The van der Waals surface area contributed by atoms with E-state index in [1.165, 1.54) is 12.7 Å². The minimum Gasteiger partial charge on any atom is -0.489 e. The SMILES string of the molecule is CC(C)Oc1cc(-n2nc(C(C)(C)C)oc2=O)c(Cl)cc1Cl.CCNc1nc(Cl)nc(NC(C)C)n1.CCc1cccc(C)c1N(C(=O)CCl)C(C)COC.CP(=O)(O)CCC(N)C(=O)O. The summed E-state index contributed by atoms with van der Waals surface area (Å²) in [6.45, 7) is 23.9. The van der Waals surface area contributed by atoms with E-state index in [0.717, 1.165) is 34.5 Å². The van der Waals surface area contributed by atoms with Crippen LogP contribution in [-0.2, 0) is 30.7 Å². The lowest BCUT2D eigenvalue weighted by Crippen LogP contribution is -2.43.